The van der Waals surface area contributed by atoms with Gasteiger partial charge in [-0.3, -0.25) is 0 Å². The van der Waals surface area contributed by atoms with Crippen molar-refractivity contribution in [3.05, 3.63) is 29.6 Å². The molecule has 0 spiro atoms. The maximum absolute atomic E-state index is 13.8. The molecule has 2 unspecified atom stereocenters. The lowest BCUT2D eigenvalue weighted by Gasteiger charge is -2.34. The fraction of sp³-hybridized carbons (Fsp3) is 0.533. The predicted molar refractivity (Wildman–Crippen MR) is 76.7 cm³/mol. The quantitative estimate of drug-likeness (QED) is 0.890. The van der Waals surface area contributed by atoms with Gasteiger partial charge < -0.3 is 15.3 Å². The number of hydrogen-bond donors (Lipinski definition) is 2. The van der Waals surface area contributed by atoms with Crippen LogP contribution in [0.15, 0.2) is 18.2 Å². The van der Waals surface area contributed by atoms with Crippen LogP contribution in [0.1, 0.15) is 30.1 Å². The van der Waals surface area contributed by atoms with Crippen molar-refractivity contribution in [3.63, 3.8) is 0 Å². The molecule has 0 amide bonds. The summed E-state index contributed by atoms with van der Waals surface area (Å²) in [6, 6.07) is 3.95. The zero-order valence-corrected chi connectivity index (χ0v) is 11.9. The summed E-state index contributed by atoms with van der Waals surface area (Å²) in [5, 5.41) is 12.1. The van der Waals surface area contributed by atoms with E-state index in [0.29, 0.717) is 5.92 Å². The maximum Gasteiger partial charge on any atom is 0.335 e. The Morgan fingerprint density at radius 1 is 1.55 bits per heavy atom. The lowest BCUT2D eigenvalue weighted by molar-refractivity contribution is 0.0697. The van der Waals surface area contributed by atoms with Crippen LogP contribution >= 0.6 is 0 Å². The van der Waals surface area contributed by atoms with E-state index in [1.54, 1.807) is 0 Å². The Morgan fingerprint density at radius 3 is 2.95 bits per heavy atom. The van der Waals surface area contributed by atoms with E-state index in [9.17, 15) is 9.18 Å². The molecule has 0 saturated carbocycles. The van der Waals surface area contributed by atoms with Crippen molar-refractivity contribution >= 4 is 11.7 Å². The van der Waals surface area contributed by atoms with Crippen LogP contribution < -0.4 is 5.32 Å². The van der Waals surface area contributed by atoms with E-state index in [0.717, 1.165) is 25.9 Å². The van der Waals surface area contributed by atoms with Crippen molar-refractivity contribution in [1.82, 2.24) is 4.90 Å². The number of carboxylic acid groups (broad SMARTS) is 1. The van der Waals surface area contributed by atoms with Crippen molar-refractivity contribution < 1.29 is 14.3 Å². The Balaban J connectivity index is 2.08. The van der Waals surface area contributed by atoms with Crippen LogP contribution in [0.3, 0.4) is 0 Å². The van der Waals surface area contributed by atoms with E-state index in [-0.39, 0.29) is 17.3 Å². The minimum atomic E-state index is -1.04. The third kappa shape index (κ3) is 3.48. The predicted octanol–water partition coefficient (Wildman–Crippen LogP) is 2.67. The Bertz CT molecular complexity index is 493. The molecule has 1 aliphatic heterocycles. The topological polar surface area (TPSA) is 52.6 Å². The summed E-state index contributed by atoms with van der Waals surface area (Å²) in [5.41, 5.74) is 0.368. The van der Waals surface area contributed by atoms with Crippen molar-refractivity contribution in [2.24, 2.45) is 5.92 Å². The minimum absolute atomic E-state index is 0.0989. The molecule has 110 valence electrons. The highest BCUT2D eigenvalue weighted by molar-refractivity contribution is 5.88. The fourth-order valence-corrected chi connectivity index (χ4v) is 2.75. The standard InChI is InChI=1S/C15H21FN2O2/c1-10(12-4-3-7-18(2)9-12)17-14-8-11(15(19)20)5-6-13(14)16/h5-6,8,10,12,17H,3-4,7,9H2,1-2H3,(H,19,20). The number of hydrogen-bond acceptors (Lipinski definition) is 3. The normalized spacial score (nSPS) is 21.4. The molecule has 2 N–H and O–H groups in total. The van der Waals surface area contributed by atoms with Gasteiger partial charge in [0.15, 0.2) is 0 Å². The molecule has 0 aliphatic carbocycles. The van der Waals surface area contributed by atoms with E-state index in [1.807, 2.05) is 6.92 Å². The summed E-state index contributed by atoms with van der Waals surface area (Å²) in [5.74, 6) is -1.01. The second-order valence-corrected chi connectivity index (χ2v) is 5.60. The average Bonchev–Trinajstić information content (AvgIpc) is 2.41. The first-order valence-corrected chi connectivity index (χ1v) is 6.95. The van der Waals surface area contributed by atoms with Crippen molar-refractivity contribution in [2.45, 2.75) is 25.8 Å². The van der Waals surface area contributed by atoms with Gasteiger partial charge in [0.2, 0.25) is 0 Å². The summed E-state index contributed by atoms with van der Waals surface area (Å²) < 4.78 is 13.8. The Labute approximate surface area is 118 Å². The third-order valence-electron chi connectivity index (χ3n) is 3.96. The maximum atomic E-state index is 13.8. The van der Waals surface area contributed by atoms with Crippen LogP contribution in [0.25, 0.3) is 0 Å². The number of nitrogens with zero attached hydrogens (tertiary/aromatic N) is 1. The van der Waals surface area contributed by atoms with E-state index in [1.165, 1.54) is 18.2 Å². The van der Waals surface area contributed by atoms with Gasteiger partial charge in [-0.05, 0) is 57.5 Å². The molecule has 0 radical (unpaired) electrons. The number of anilines is 1. The fourth-order valence-electron chi connectivity index (χ4n) is 2.75. The van der Waals surface area contributed by atoms with Crippen molar-refractivity contribution in [2.75, 3.05) is 25.5 Å². The SMILES string of the molecule is CC(Nc1cc(C(=O)O)ccc1F)C1CCCN(C)C1. The number of carboxylic acids is 1. The van der Waals surface area contributed by atoms with Gasteiger partial charge in [0.25, 0.3) is 0 Å². The summed E-state index contributed by atoms with van der Waals surface area (Å²) in [6.07, 6.45) is 2.25. The molecule has 0 bridgehead atoms. The van der Waals surface area contributed by atoms with E-state index in [2.05, 4.69) is 17.3 Å². The van der Waals surface area contributed by atoms with Gasteiger partial charge in [-0.2, -0.15) is 0 Å². The molecule has 1 fully saturated rings. The molecule has 1 saturated heterocycles. The number of carbonyl (C=O) groups is 1. The molecule has 20 heavy (non-hydrogen) atoms. The second kappa shape index (κ2) is 6.22. The van der Waals surface area contributed by atoms with Crippen LogP contribution in [0.4, 0.5) is 10.1 Å². The molecule has 2 rings (SSSR count). The van der Waals surface area contributed by atoms with Crippen molar-refractivity contribution in [3.8, 4) is 0 Å². The Morgan fingerprint density at radius 2 is 2.30 bits per heavy atom. The summed E-state index contributed by atoms with van der Waals surface area (Å²) in [7, 11) is 2.09. The molecule has 1 aromatic carbocycles. The number of piperidine rings is 1. The van der Waals surface area contributed by atoms with Gasteiger partial charge in [-0.25, -0.2) is 9.18 Å². The monoisotopic (exact) mass is 280 g/mol. The zero-order valence-electron chi connectivity index (χ0n) is 11.9. The molecule has 1 aliphatic rings. The summed E-state index contributed by atoms with van der Waals surface area (Å²) in [6.45, 7) is 4.11. The van der Waals surface area contributed by atoms with E-state index < -0.39 is 11.8 Å². The molecule has 1 aromatic rings. The Hall–Kier alpha value is -1.62. The first-order valence-electron chi connectivity index (χ1n) is 6.95. The Kier molecular flexibility index (Phi) is 4.60. The molecule has 1 heterocycles. The van der Waals surface area contributed by atoms with E-state index in [4.69, 9.17) is 5.11 Å². The third-order valence-corrected chi connectivity index (χ3v) is 3.96. The van der Waals surface area contributed by atoms with Gasteiger partial charge in [0, 0.05) is 12.6 Å². The van der Waals surface area contributed by atoms with Crippen LogP contribution in [0, 0.1) is 11.7 Å². The van der Waals surface area contributed by atoms with Crippen LogP contribution in [-0.4, -0.2) is 42.2 Å². The van der Waals surface area contributed by atoms with Crippen molar-refractivity contribution in [1.29, 1.82) is 0 Å². The molecular weight excluding hydrogens is 259 g/mol. The molecule has 4 nitrogen and oxygen atoms in total. The van der Waals surface area contributed by atoms with Gasteiger partial charge >= 0.3 is 5.97 Å². The molecule has 0 aromatic heterocycles. The number of rotatable bonds is 4. The number of nitrogens with one attached hydrogen (secondary N) is 1. The van der Waals surface area contributed by atoms with Crippen LogP contribution in [-0.2, 0) is 0 Å². The van der Waals surface area contributed by atoms with Gasteiger partial charge in [-0.15, -0.1) is 0 Å². The highest BCUT2D eigenvalue weighted by Gasteiger charge is 2.23. The number of benzene rings is 1. The minimum Gasteiger partial charge on any atom is -0.478 e. The van der Waals surface area contributed by atoms with Gasteiger partial charge in [-0.1, -0.05) is 0 Å². The van der Waals surface area contributed by atoms with E-state index >= 15 is 0 Å². The summed E-state index contributed by atoms with van der Waals surface area (Å²) >= 11 is 0. The van der Waals surface area contributed by atoms with Gasteiger partial charge in [0.05, 0.1) is 11.3 Å². The molecule has 2 atom stereocenters. The molecular formula is C15H21FN2O2. The first kappa shape index (κ1) is 14.8. The second-order valence-electron chi connectivity index (χ2n) is 5.60. The highest BCUT2D eigenvalue weighted by atomic mass is 19.1. The lowest BCUT2D eigenvalue weighted by Crippen LogP contribution is -2.40. The average molecular weight is 280 g/mol. The van der Waals surface area contributed by atoms with Gasteiger partial charge in [0.1, 0.15) is 5.82 Å². The number of halogens is 1. The molecule has 5 heteroatoms. The summed E-state index contributed by atoms with van der Waals surface area (Å²) in [4.78, 5) is 13.2. The first-order chi connectivity index (χ1) is 9.47. The largest absolute Gasteiger partial charge is 0.478 e. The van der Waals surface area contributed by atoms with Crippen LogP contribution in [0.5, 0.6) is 0 Å². The highest BCUT2D eigenvalue weighted by Crippen LogP contribution is 2.23. The smallest absolute Gasteiger partial charge is 0.335 e. The van der Waals surface area contributed by atoms with Crippen LogP contribution in [0.2, 0.25) is 0 Å². The lowest BCUT2D eigenvalue weighted by atomic mass is 9.91. The zero-order chi connectivity index (χ0) is 14.7. The number of likely N-dealkylation sites (tertiary alicyclic amines) is 1. The number of aromatic carboxylic acids is 1.